The molecule has 0 saturated heterocycles. The van der Waals surface area contributed by atoms with Gasteiger partial charge in [-0.05, 0) is 23.6 Å². The van der Waals surface area contributed by atoms with Crippen LogP contribution in [-0.2, 0) is 0 Å². The van der Waals surface area contributed by atoms with Gasteiger partial charge in [-0.15, -0.1) is 11.3 Å². The lowest BCUT2D eigenvalue weighted by atomic mass is 10.1. The third-order valence-corrected chi connectivity index (χ3v) is 4.75. The van der Waals surface area contributed by atoms with E-state index in [2.05, 4.69) is 20.3 Å². The van der Waals surface area contributed by atoms with E-state index in [4.69, 9.17) is 5.73 Å². The van der Waals surface area contributed by atoms with Gasteiger partial charge in [0.1, 0.15) is 5.69 Å². The van der Waals surface area contributed by atoms with Gasteiger partial charge in [-0.1, -0.05) is 12.1 Å². The van der Waals surface area contributed by atoms with Gasteiger partial charge in [0.15, 0.2) is 0 Å². The number of nitro groups is 1. The van der Waals surface area contributed by atoms with Crippen LogP contribution in [0.3, 0.4) is 0 Å². The molecule has 0 unspecified atom stereocenters. The van der Waals surface area contributed by atoms with Crippen molar-refractivity contribution in [2.45, 2.75) is 0 Å². The predicted octanol–water partition coefficient (Wildman–Crippen LogP) is 3.37. The van der Waals surface area contributed by atoms with Crippen molar-refractivity contribution < 1.29 is 9.72 Å². The number of pyridine rings is 2. The summed E-state index contributed by atoms with van der Waals surface area (Å²) in [6.45, 7) is 0. The second-order valence-corrected chi connectivity index (χ2v) is 6.64. The fourth-order valence-corrected chi connectivity index (χ4v) is 3.17. The van der Waals surface area contributed by atoms with Crippen molar-refractivity contribution in [2.75, 3.05) is 12.4 Å². The minimum Gasteiger partial charge on any atom is -0.404 e. The Balaban J connectivity index is 1.88. The minimum atomic E-state index is -0.613. The maximum absolute atomic E-state index is 12.6. The molecule has 0 aromatic carbocycles. The van der Waals surface area contributed by atoms with E-state index in [1.54, 1.807) is 25.4 Å². The van der Waals surface area contributed by atoms with Crippen LogP contribution in [-0.4, -0.2) is 34.1 Å². The van der Waals surface area contributed by atoms with Crippen LogP contribution in [0.15, 0.2) is 59.2 Å². The summed E-state index contributed by atoms with van der Waals surface area (Å²) >= 11 is 1.44. The normalized spacial score (nSPS) is 11.6. The first-order chi connectivity index (χ1) is 14.0. The van der Waals surface area contributed by atoms with Gasteiger partial charge in [-0.2, -0.15) is 0 Å². The molecule has 1 amide bonds. The van der Waals surface area contributed by atoms with Crippen LogP contribution in [0.2, 0.25) is 0 Å². The largest absolute Gasteiger partial charge is 0.404 e. The SMILES string of the molecule is CN=CC(=CN)c1ccc(C(=O)Nc2nc(-c3cccs3)ccc2[N+](=O)[O-])nc1. The number of amides is 1. The first kappa shape index (κ1) is 19.8. The zero-order valence-electron chi connectivity index (χ0n) is 15.3. The maximum atomic E-state index is 12.6. The Morgan fingerprint density at radius 2 is 2.14 bits per heavy atom. The third-order valence-electron chi connectivity index (χ3n) is 3.85. The number of nitrogens with two attached hydrogens (primary N) is 1. The van der Waals surface area contributed by atoms with E-state index in [0.717, 1.165) is 4.88 Å². The van der Waals surface area contributed by atoms with E-state index in [1.807, 2.05) is 17.5 Å². The molecule has 3 heterocycles. The fraction of sp³-hybridized carbons (Fsp3) is 0.0526. The molecule has 0 radical (unpaired) electrons. The lowest BCUT2D eigenvalue weighted by Crippen LogP contribution is -2.16. The highest BCUT2D eigenvalue weighted by Gasteiger charge is 2.20. The second kappa shape index (κ2) is 8.85. The molecule has 3 N–H and O–H groups in total. The van der Waals surface area contributed by atoms with Crippen molar-refractivity contribution in [1.29, 1.82) is 0 Å². The molecule has 3 aromatic rings. The second-order valence-electron chi connectivity index (χ2n) is 5.69. The summed E-state index contributed by atoms with van der Waals surface area (Å²) in [6, 6.07) is 9.70. The number of hydrogen-bond donors (Lipinski definition) is 2. The van der Waals surface area contributed by atoms with Crippen molar-refractivity contribution in [2.24, 2.45) is 10.7 Å². The molecule has 29 heavy (non-hydrogen) atoms. The number of hydrogen-bond acceptors (Lipinski definition) is 8. The molecule has 146 valence electrons. The van der Waals surface area contributed by atoms with Gasteiger partial charge in [0.25, 0.3) is 5.91 Å². The van der Waals surface area contributed by atoms with Crippen molar-refractivity contribution >= 4 is 40.5 Å². The summed E-state index contributed by atoms with van der Waals surface area (Å²) in [5.41, 5.74) is 7.19. The highest BCUT2D eigenvalue weighted by atomic mass is 32.1. The third kappa shape index (κ3) is 4.50. The van der Waals surface area contributed by atoms with Gasteiger partial charge in [-0.25, -0.2) is 4.98 Å². The lowest BCUT2D eigenvalue weighted by Gasteiger charge is -2.07. The Morgan fingerprint density at radius 1 is 1.31 bits per heavy atom. The van der Waals surface area contributed by atoms with Gasteiger partial charge in [0, 0.05) is 42.9 Å². The molecule has 0 aliphatic heterocycles. The molecule has 0 aliphatic carbocycles. The van der Waals surface area contributed by atoms with Gasteiger partial charge in [-0.3, -0.25) is 30.2 Å². The zero-order valence-corrected chi connectivity index (χ0v) is 16.1. The molecule has 10 heteroatoms. The number of aromatic nitrogens is 2. The van der Waals surface area contributed by atoms with Crippen LogP contribution in [0.25, 0.3) is 16.1 Å². The molecular weight excluding hydrogens is 392 g/mol. The molecule has 0 saturated carbocycles. The molecule has 0 aliphatic rings. The van der Waals surface area contributed by atoms with Gasteiger partial charge >= 0.3 is 5.69 Å². The highest BCUT2D eigenvalue weighted by Crippen LogP contribution is 2.29. The Hall–Kier alpha value is -3.92. The summed E-state index contributed by atoms with van der Waals surface area (Å²) in [6.07, 6.45) is 4.42. The van der Waals surface area contributed by atoms with Crippen molar-refractivity contribution in [3.05, 3.63) is 75.5 Å². The number of carbonyl (C=O) groups excluding carboxylic acids is 1. The van der Waals surface area contributed by atoms with E-state index in [9.17, 15) is 14.9 Å². The van der Waals surface area contributed by atoms with Crippen LogP contribution >= 0.6 is 11.3 Å². The Labute approximate surface area is 169 Å². The number of thiophene rings is 1. The molecule has 0 atom stereocenters. The average Bonchev–Trinajstić information content (AvgIpc) is 3.27. The number of aliphatic imine (C=N–C) groups is 1. The first-order valence-electron chi connectivity index (χ1n) is 8.34. The molecule has 0 bridgehead atoms. The van der Waals surface area contributed by atoms with E-state index in [0.29, 0.717) is 16.8 Å². The summed E-state index contributed by atoms with van der Waals surface area (Å²) in [7, 11) is 1.61. The van der Waals surface area contributed by atoms with Gasteiger partial charge in [0.2, 0.25) is 5.82 Å². The fourth-order valence-electron chi connectivity index (χ4n) is 2.48. The maximum Gasteiger partial charge on any atom is 0.311 e. The van der Waals surface area contributed by atoms with Gasteiger partial charge < -0.3 is 5.73 Å². The standard InChI is InChI=1S/C19H16N6O3S/c1-21-10-13(9-20)12-4-5-15(22-11-12)19(26)24-18-16(25(27)28)7-6-14(23-18)17-3-2-8-29-17/h2-11H,20H2,1H3,(H,23,24,26). The van der Waals surface area contributed by atoms with Crippen LogP contribution in [0.1, 0.15) is 16.1 Å². The Kier molecular flexibility index (Phi) is 6.05. The summed E-state index contributed by atoms with van der Waals surface area (Å²) in [5, 5.41) is 15.7. The van der Waals surface area contributed by atoms with E-state index in [-0.39, 0.29) is 17.2 Å². The zero-order chi connectivity index (χ0) is 20.8. The van der Waals surface area contributed by atoms with Crippen LogP contribution in [0.4, 0.5) is 11.5 Å². The van der Waals surface area contributed by atoms with Crippen molar-refractivity contribution in [3.8, 4) is 10.6 Å². The highest BCUT2D eigenvalue weighted by molar-refractivity contribution is 7.13. The number of rotatable bonds is 6. The minimum absolute atomic E-state index is 0.0798. The molecule has 9 nitrogen and oxygen atoms in total. The Morgan fingerprint density at radius 3 is 2.72 bits per heavy atom. The van der Waals surface area contributed by atoms with Crippen LogP contribution in [0.5, 0.6) is 0 Å². The van der Waals surface area contributed by atoms with Crippen molar-refractivity contribution in [3.63, 3.8) is 0 Å². The predicted molar refractivity (Wildman–Crippen MR) is 113 cm³/mol. The first-order valence-corrected chi connectivity index (χ1v) is 9.22. The molecule has 0 fully saturated rings. The lowest BCUT2D eigenvalue weighted by molar-refractivity contribution is -0.384. The number of nitrogens with one attached hydrogen (secondary N) is 1. The van der Waals surface area contributed by atoms with Crippen molar-refractivity contribution in [1.82, 2.24) is 9.97 Å². The molecular formula is C19H16N6O3S. The van der Waals surface area contributed by atoms with E-state index >= 15 is 0 Å². The monoisotopic (exact) mass is 408 g/mol. The quantitative estimate of drug-likeness (QED) is 0.364. The van der Waals surface area contributed by atoms with E-state index < -0.39 is 10.8 Å². The summed E-state index contributed by atoms with van der Waals surface area (Å²) in [5.74, 6) is -0.754. The van der Waals surface area contributed by atoms with Crippen LogP contribution < -0.4 is 11.1 Å². The number of allylic oxidation sites excluding steroid dienone is 1. The molecule has 3 aromatic heterocycles. The molecule has 0 spiro atoms. The average molecular weight is 408 g/mol. The van der Waals surface area contributed by atoms with Gasteiger partial charge in [0.05, 0.1) is 15.5 Å². The summed E-state index contributed by atoms with van der Waals surface area (Å²) < 4.78 is 0. The number of nitrogens with zero attached hydrogens (tertiary/aromatic N) is 4. The molecule has 3 rings (SSSR count). The number of anilines is 1. The smallest absolute Gasteiger partial charge is 0.311 e. The summed E-state index contributed by atoms with van der Waals surface area (Å²) in [4.78, 5) is 36.4. The van der Waals surface area contributed by atoms with E-state index in [1.165, 1.54) is 35.9 Å². The topological polar surface area (TPSA) is 136 Å². The Bertz CT molecular complexity index is 1090. The van der Waals surface area contributed by atoms with Crippen LogP contribution in [0, 0.1) is 10.1 Å². The number of carbonyl (C=O) groups is 1.